The van der Waals surface area contributed by atoms with Crippen molar-refractivity contribution >= 4 is 23.2 Å². The number of amides is 2. The van der Waals surface area contributed by atoms with Gasteiger partial charge in [0.15, 0.2) is 0 Å². The second-order valence-corrected chi connectivity index (χ2v) is 6.91. The SMILES string of the molecule is CC(C)N(Cc1ccn2nccc2c1C(=O)O)C(=O)Nc1ccc(OC(F)(F)F)cc1. The third kappa shape index (κ3) is 5.24. The van der Waals surface area contributed by atoms with Gasteiger partial charge < -0.3 is 20.1 Å². The number of aromatic carboxylic acids is 1. The molecule has 8 nitrogen and oxygen atoms in total. The fourth-order valence-corrected chi connectivity index (χ4v) is 3.03. The van der Waals surface area contributed by atoms with Crippen LogP contribution in [0.5, 0.6) is 5.75 Å². The number of carboxylic acid groups (broad SMARTS) is 1. The topological polar surface area (TPSA) is 96.2 Å². The number of hydrogen-bond acceptors (Lipinski definition) is 4. The molecule has 164 valence electrons. The zero-order chi connectivity index (χ0) is 22.8. The summed E-state index contributed by atoms with van der Waals surface area (Å²) < 4.78 is 42.1. The van der Waals surface area contributed by atoms with Gasteiger partial charge in [-0.25, -0.2) is 14.1 Å². The minimum absolute atomic E-state index is 0.00207. The van der Waals surface area contributed by atoms with Crippen molar-refractivity contribution in [2.45, 2.75) is 32.8 Å². The lowest BCUT2D eigenvalue weighted by Gasteiger charge is -2.28. The molecule has 0 saturated carbocycles. The van der Waals surface area contributed by atoms with Crippen LogP contribution in [0.4, 0.5) is 23.7 Å². The summed E-state index contributed by atoms with van der Waals surface area (Å²) in [4.78, 5) is 26.0. The molecular formula is C20H19F3N4O4. The minimum atomic E-state index is -4.81. The van der Waals surface area contributed by atoms with Crippen molar-refractivity contribution in [3.05, 3.63) is 59.9 Å². The van der Waals surface area contributed by atoms with E-state index in [1.165, 1.54) is 27.7 Å². The van der Waals surface area contributed by atoms with Crippen LogP contribution < -0.4 is 10.1 Å². The molecule has 3 aromatic rings. The largest absolute Gasteiger partial charge is 0.573 e. The number of rotatable bonds is 6. The van der Waals surface area contributed by atoms with E-state index in [2.05, 4.69) is 15.2 Å². The first-order chi connectivity index (χ1) is 14.5. The highest BCUT2D eigenvalue weighted by molar-refractivity contribution is 5.97. The second kappa shape index (κ2) is 8.54. The number of carbonyl (C=O) groups is 2. The molecule has 0 radical (unpaired) electrons. The van der Waals surface area contributed by atoms with Gasteiger partial charge in [-0.05, 0) is 55.8 Å². The van der Waals surface area contributed by atoms with Crippen molar-refractivity contribution < 1.29 is 32.6 Å². The van der Waals surface area contributed by atoms with Crippen molar-refractivity contribution in [1.82, 2.24) is 14.5 Å². The molecule has 0 aliphatic rings. The zero-order valence-corrected chi connectivity index (χ0v) is 16.6. The average Bonchev–Trinajstić information content (AvgIpc) is 3.14. The van der Waals surface area contributed by atoms with Gasteiger partial charge in [0.2, 0.25) is 0 Å². The summed E-state index contributed by atoms with van der Waals surface area (Å²) >= 11 is 0. The highest BCUT2D eigenvalue weighted by Crippen LogP contribution is 2.25. The zero-order valence-electron chi connectivity index (χ0n) is 16.6. The van der Waals surface area contributed by atoms with Gasteiger partial charge in [0, 0.05) is 24.5 Å². The van der Waals surface area contributed by atoms with Crippen LogP contribution in [0.2, 0.25) is 0 Å². The van der Waals surface area contributed by atoms with Gasteiger partial charge in [-0.1, -0.05) is 0 Å². The third-order valence-electron chi connectivity index (χ3n) is 4.44. The van der Waals surface area contributed by atoms with E-state index in [9.17, 15) is 27.9 Å². The molecule has 0 bridgehead atoms. The number of aromatic nitrogens is 2. The Balaban J connectivity index is 1.80. The van der Waals surface area contributed by atoms with Gasteiger partial charge >= 0.3 is 18.4 Å². The van der Waals surface area contributed by atoms with Gasteiger partial charge in [-0.3, -0.25) is 0 Å². The van der Waals surface area contributed by atoms with Gasteiger partial charge in [0.1, 0.15) is 5.75 Å². The molecule has 0 saturated heterocycles. The number of nitrogens with one attached hydrogen (secondary N) is 1. The fourth-order valence-electron chi connectivity index (χ4n) is 3.03. The summed E-state index contributed by atoms with van der Waals surface area (Å²) in [5.41, 5.74) is 1.11. The molecule has 0 aliphatic carbocycles. The van der Waals surface area contributed by atoms with Crippen LogP contribution >= 0.6 is 0 Å². The molecule has 2 amide bonds. The molecule has 31 heavy (non-hydrogen) atoms. The van der Waals surface area contributed by atoms with Crippen molar-refractivity contribution in [2.75, 3.05) is 5.32 Å². The highest BCUT2D eigenvalue weighted by Gasteiger charge is 2.31. The number of halogens is 3. The van der Waals surface area contributed by atoms with Crippen LogP contribution in [-0.4, -0.2) is 44.0 Å². The molecule has 3 rings (SSSR count). The van der Waals surface area contributed by atoms with Crippen molar-refractivity contribution in [3.8, 4) is 5.75 Å². The van der Waals surface area contributed by atoms with E-state index in [1.807, 2.05) is 0 Å². The smallest absolute Gasteiger partial charge is 0.478 e. The van der Waals surface area contributed by atoms with Crippen LogP contribution in [0, 0.1) is 0 Å². The summed E-state index contributed by atoms with van der Waals surface area (Å²) in [6.07, 6.45) is -1.73. The lowest BCUT2D eigenvalue weighted by molar-refractivity contribution is -0.274. The van der Waals surface area contributed by atoms with Crippen molar-refractivity contribution in [1.29, 1.82) is 0 Å². The Hall–Kier alpha value is -3.76. The Bertz CT molecular complexity index is 1090. The summed E-state index contributed by atoms with van der Waals surface area (Å²) in [5.74, 6) is -1.56. The average molecular weight is 436 g/mol. The van der Waals surface area contributed by atoms with Gasteiger partial charge in [-0.2, -0.15) is 5.10 Å². The quantitative estimate of drug-likeness (QED) is 0.598. The van der Waals surface area contributed by atoms with Crippen LogP contribution in [-0.2, 0) is 6.54 Å². The number of fused-ring (bicyclic) bond motifs is 1. The maximum atomic E-state index is 12.8. The van der Waals surface area contributed by atoms with Gasteiger partial charge in [0.05, 0.1) is 17.3 Å². The molecule has 2 N–H and O–H groups in total. The Morgan fingerprint density at radius 1 is 1.19 bits per heavy atom. The van der Waals surface area contributed by atoms with Crippen LogP contribution in [0.1, 0.15) is 29.8 Å². The first-order valence-electron chi connectivity index (χ1n) is 9.17. The number of urea groups is 1. The second-order valence-electron chi connectivity index (χ2n) is 6.91. The molecule has 0 aliphatic heterocycles. The van der Waals surface area contributed by atoms with Crippen LogP contribution in [0.3, 0.4) is 0 Å². The Kier molecular flexibility index (Phi) is 6.04. The Morgan fingerprint density at radius 3 is 2.45 bits per heavy atom. The molecule has 11 heteroatoms. The number of pyridine rings is 1. The molecule has 0 unspecified atom stereocenters. The fraction of sp³-hybridized carbons (Fsp3) is 0.250. The third-order valence-corrected chi connectivity index (χ3v) is 4.44. The van der Waals surface area contributed by atoms with Crippen molar-refractivity contribution in [2.24, 2.45) is 0 Å². The maximum absolute atomic E-state index is 12.8. The molecule has 0 atom stereocenters. The van der Waals surface area contributed by atoms with E-state index < -0.39 is 24.1 Å². The Labute approximate surface area is 174 Å². The van der Waals surface area contributed by atoms with E-state index in [1.54, 1.807) is 32.2 Å². The monoisotopic (exact) mass is 436 g/mol. The lowest BCUT2D eigenvalue weighted by Crippen LogP contribution is -2.39. The summed E-state index contributed by atoms with van der Waals surface area (Å²) in [6, 6.07) is 7.03. The molecule has 0 spiro atoms. The predicted octanol–water partition coefficient (Wildman–Crippen LogP) is 4.37. The normalized spacial score (nSPS) is 11.5. The maximum Gasteiger partial charge on any atom is 0.573 e. The standard InChI is InChI=1S/C20H19F3N4O4/c1-12(2)26(11-13-8-10-27-16(7-9-24-27)17(13)18(28)29)19(30)25-14-3-5-15(6-4-14)31-20(21,22)23/h3-10,12H,11H2,1-2H3,(H,25,30)(H,28,29). The first kappa shape index (κ1) is 21.9. The minimum Gasteiger partial charge on any atom is -0.478 e. The Morgan fingerprint density at radius 2 is 1.87 bits per heavy atom. The number of ether oxygens (including phenoxy) is 1. The van der Waals surface area contributed by atoms with E-state index in [-0.39, 0.29) is 23.8 Å². The van der Waals surface area contributed by atoms with E-state index in [0.29, 0.717) is 11.1 Å². The first-order valence-corrected chi connectivity index (χ1v) is 9.17. The number of nitrogens with zero attached hydrogens (tertiary/aromatic N) is 3. The molecule has 0 fully saturated rings. The number of alkyl halides is 3. The number of carbonyl (C=O) groups excluding carboxylic acids is 1. The van der Waals surface area contributed by atoms with E-state index in [0.717, 1.165) is 12.1 Å². The summed E-state index contributed by atoms with van der Waals surface area (Å²) in [7, 11) is 0. The van der Waals surface area contributed by atoms with E-state index >= 15 is 0 Å². The van der Waals surface area contributed by atoms with Gasteiger partial charge in [0.25, 0.3) is 0 Å². The lowest BCUT2D eigenvalue weighted by atomic mass is 10.1. The molecule has 1 aromatic carbocycles. The number of carboxylic acids is 1. The molecule has 2 aromatic heterocycles. The van der Waals surface area contributed by atoms with Crippen molar-refractivity contribution in [3.63, 3.8) is 0 Å². The van der Waals surface area contributed by atoms with Gasteiger partial charge in [-0.15, -0.1) is 13.2 Å². The molecule has 2 heterocycles. The van der Waals surface area contributed by atoms with E-state index in [4.69, 9.17) is 0 Å². The summed E-state index contributed by atoms with van der Waals surface area (Å²) in [6.45, 7) is 3.53. The summed E-state index contributed by atoms with van der Waals surface area (Å²) in [5, 5.41) is 16.3. The number of anilines is 1. The predicted molar refractivity (Wildman–Crippen MR) is 105 cm³/mol. The van der Waals surface area contributed by atoms with Crippen LogP contribution in [0.15, 0.2) is 48.8 Å². The van der Waals surface area contributed by atoms with Crippen LogP contribution in [0.25, 0.3) is 5.52 Å². The number of hydrogen-bond donors (Lipinski definition) is 2. The number of benzene rings is 1. The highest BCUT2D eigenvalue weighted by atomic mass is 19.4. The molecular weight excluding hydrogens is 417 g/mol.